The van der Waals surface area contributed by atoms with E-state index in [1.165, 1.54) is 33.3 Å². The van der Waals surface area contributed by atoms with E-state index in [1.807, 2.05) is 18.2 Å². The minimum atomic E-state index is -0.931. The van der Waals surface area contributed by atoms with Gasteiger partial charge in [0.15, 0.2) is 0 Å². The van der Waals surface area contributed by atoms with Crippen LogP contribution in [0.5, 0.6) is 5.75 Å². The zero-order chi connectivity index (χ0) is 22.6. The summed E-state index contributed by atoms with van der Waals surface area (Å²) in [6.07, 6.45) is 2.19. The van der Waals surface area contributed by atoms with Gasteiger partial charge in [-0.15, -0.1) is 0 Å². The fourth-order valence-corrected chi connectivity index (χ4v) is 6.38. The summed E-state index contributed by atoms with van der Waals surface area (Å²) < 4.78 is 0. The number of aromatic amines is 1. The van der Waals surface area contributed by atoms with Gasteiger partial charge in [0.2, 0.25) is 0 Å². The molecule has 2 aliphatic rings. The maximum atomic E-state index is 12.5. The largest absolute Gasteiger partial charge is 0.508 e. The molecule has 2 heterocycles. The second-order valence-electron chi connectivity index (χ2n) is 10.0. The van der Waals surface area contributed by atoms with Gasteiger partial charge in [-0.1, -0.05) is 60.7 Å². The molecule has 6 rings (SSSR count). The van der Waals surface area contributed by atoms with Crippen molar-refractivity contribution in [2.45, 2.75) is 43.7 Å². The van der Waals surface area contributed by atoms with Crippen molar-refractivity contribution >= 4 is 10.9 Å². The van der Waals surface area contributed by atoms with Crippen molar-refractivity contribution in [2.24, 2.45) is 0 Å². The number of β-amino-alcohol motifs (C(OH)–C–C–N with tert-alkyl or cyclic N) is 1. The minimum absolute atomic E-state index is 0.259. The van der Waals surface area contributed by atoms with E-state index in [4.69, 9.17) is 0 Å². The number of hydrogen-bond donors (Lipinski definition) is 3. The van der Waals surface area contributed by atoms with Crippen LogP contribution in [0, 0.1) is 6.92 Å². The first-order chi connectivity index (χ1) is 16.0. The lowest BCUT2D eigenvalue weighted by molar-refractivity contribution is -0.105. The third-order valence-electron chi connectivity index (χ3n) is 8.06. The highest BCUT2D eigenvalue weighted by Gasteiger charge is 2.57. The number of aromatic nitrogens is 1. The molecule has 0 unspecified atom stereocenters. The molecule has 0 spiro atoms. The third kappa shape index (κ3) is 3.20. The maximum Gasteiger partial charge on any atom is 0.115 e. The SMILES string of the molecule is Cc1cccc2c3c([nH]c12)C[C@]1(c2cccc(O)c2)CCN(Cc2ccccc2)C[C@@]1(O)C3. The van der Waals surface area contributed by atoms with Gasteiger partial charge in [0.1, 0.15) is 5.75 Å². The smallest absolute Gasteiger partial charge is 0.115 e. The Morgan fingerprint density at radius 2 is 1.79 bits per heavy atom. The maximum absolute atomic E-state index is 12.5. The van der Waals surface area contributed by atoms with Crippen molar-refractivity contribution in [3.05, 3.63) is 101 Å². The Morgan fingerprint density at radius 1 is 0.970 bits per heavy atom. The van der Waals surface area contributed by atoms with Crippen molar-refractivity contribution in [3.63, 3.8) is 0 Å². The lowest BCUT2D eigenvalue weighted by atomic mass is 9.56. The minimum Gasteiger partial charge on any atom is -0.508 e. The number of aliphatic hydroxyl groups is 1. The Kier molecular flexibility index (Phi) is 4.65. The first-order valence-corrected chi connectivity index (χ1v) is 11.8. The highest BCUT2D eigenvalue weighted by molar-refractivity contribution is 5.88. The zero-order valence-corrected chi connectivity index (χ0v) is 19.0. The summed E-state index contributed by atoms with van der Waals surface area (Å²) >= 11 is 0. The van der Waals surface area contributed by atoms with Crippen molar-refractivity contribution in [3.8, 4) is 5.75 Å². The Labute approximate surface area is 194 Å². The van der Waals surface area contributed by atoms with E-state index < -0.39 is 11.0 Å². The van der Waals surface area contributed by atoms with Crippen molar-refractivity contribution in [1.29, 1.82) is 0 Å². The highest BCUT2D eigenvalue weighted by Crippen LogP contribution is 2.52. The van der Waals surface area contributed by atoms with Crippen LogP contribution in [-0.4, -0.2) is 38.8 Å². The summed E-state index contributed by atoms with van der Waals surface area (Å²) in [5.41, 5.74) is 5.80. The number of piperidine rings is 1. The molecule has 0 bridgehead atoms. The van der Waals surface area contributed by atoms with Gasteiger partial charge in [-0.2, -0.15) is 0 Å². The number of nitrogens with zero attached hydrogens (tertiary/aromatic N) is 1. The van der Waals surface area contributed by atoms with E-state index >= 15 is 0 Å². The fourth-order valence-electron chi connectivity index (χ4n) is 6.38. The number of nitrogens with one attached hydrogen (secondary N) is 1. The Balaban J connectivity index is 1.47. The molecule has 0 saturated carbocycles. The number of phenols is 1. The summed E-state index contributed by atoms with van der Waals surface area (Å²) in [4.78, 5) is 6.10. The van der Waals surface area contributed by atoms with E-state index in [2.05, 4.69) is 65.3 Å². The molecule has 4 nitrogen and oxygen atoms in total. The topological polar surface area (TPSA) is 59.5 Å². The van der Waals surface area contributed by atoms with Crippen LogP contribution in [-0.2, 0) is 24.8 Å². The predicted molar refractivity (Wildman–Crippen MR) is 132 cm³/mol. The number of phenolic OH excluding ortho intramolecular Hbond substituents is 1. The predicted octanol–water partition coefficient (Wildman–Crippen LogP) is 4.86. The number of fused-ring (bicyclic) bond motifs is 4. The second kappa shape index (κ2) is 7.47. The van der Waals surface area contributed by atoms with E-state index in [0.29, 0.717) is 13.0 Å². The number of hydrogen-bond acceptors (Lipinski definition) is 3. The van der Waals surface area contributed by atoms with Crippen molar-refractivity contribution in [1.82, 2.24) is 9.88 Å². The molecule has 3 N–H and O–H groups in total. The normalized spacial score (nSPS) is 25.0. The zero-order valence-electron chi connectivity index (χ0n) is 19.0. The van der Waals surface area contributed by atoms with Crippen LogP contribution < -0.4 is 0 Å². The average Bonchev–Trinajstić information content (AvgIpc) is 3.16. The van der Waals surface area contributed by atoms with Gasteiger partial charge in [-0.05, 0) is 54.3 Å². The van der Waals surface area contributed by atoms with Gasteiger partial charge in [-0.3, -0.25) is 4.90 Å². The number of aryl methyl sites for hydroxylation is 1. The van der Waals surface area contributed by atoms with E-state index in [9.17, 15) is 10.2 Å². The number of H-pyrrole nitrogens is 1. The summed E-state index contributed by atoms with van der Waals surface area (Å²) in [7, 11) is 0. The summed E-state index contributed by atoms with van der Waals surface area (Å²) in [5, 5.41) is 24.0. The van der Waals surface area contributed by atoms with Crippen molar-refractivity contribution < 1.29 is 10.2 Å². The third-order valence-corrected chi connectivity index (χ3v) is 8.06. The first kappa shape index (κ1) is 20.5. The molecular formula is C29H30N2O2. The van der Waals surface area contributed by atoms with Gasteiger partial charge < -0.3 is 15.2 Å². The lowest BCUT2D eigenvalue weighted by Crippen LogP contribution is -2.66. The van der Waals surface area contributed by atoms with Gasteiger partial charge in [0.25, 0.3) is 0 Å². The number of likely N-dealkylation sites (tertiary alicyclic amines) is 1. The number of benzene rings is 3. The molecule has 1 aromatic heterocycles. The molecule has 33 heavy (non-hydrogen) atoms. The van der Waals surface area contributed by atoms with Crippen LogP contribution in [0.15, 0.2) is 72.8 Å². The monoisotopic (exact) mass is 438 g/mol. The molecule has 3 aromatic carbocycles. The van der Waals surface area contributed by atoms with Gasteiger partial charge in [-0.25, -0.2) is 0 Å². The fraction of sp³-hybridized carbons (Fsp3) is 0.310. The summed E-state index contributed by atoms with van der Waals surface area (Å²) in [6.45, 7) is 4.48. The van der Waals surface area contributed by atoms with Gasteiger partial charge >= 0.3 is 0 Å². The lowest BCUT2D eigenvalue weighted by Gasteiger charge is -2.56. The molecule has 1 aliphatic heterocycles. The van der Waals surface area contributed by atoms with Crippen LogP contribution in [0.25, 0.3) is 10.9 Å². The van der Waals surface area contributed by atoms with Gasteiger partial charge in [0.05, 0.1) is 5.60 Å². The molecule has 0 amide bonds. The van der Waals surface area contributed by atoms with Gasteiger partial charge in [0, 0.05) is 47.9 Å². The number of rotatable bonds is 3. The second-order valence-corrected chi connectivity index (χ2v) is 10.0. The summed E-state index contributed by atoms with van der Waals surface area (Å²) in [5.74, 6) is 0.259. The quantitative estimate of drug-likeness (QED) is 0.428. The molecule has 0 radical (unpaired) electrons. The Bertz CT molecular complexity index is 1330. The molecule has 168 valence electrons. The number of aromatic hydroxyl groups is 1. The standard InChI is InChI=1S/C29H30N2O2/c1-20-7-5-12-24-25-16-29(33)19-31(18-21-8-3-2-4-9-21)14-13-28(29,17-26(25)30-27(20)24)22-10-6-11-23(32)15-22/h2-12,15,30,32-33H,13-14,16-19H2,1H3/t28-,29-/m0/s1. The molecule has 1 aliphatic carbocycles. The van der Waals surface area contributed by atoms with E-state index in [0.717, 1.165) is 31.5 Å². The highest BCUT2D eigenvalue weighted by atomic mass is 16.3. The van der Waals surface area contributed by atoms with Crippen molar-refractivity contribution in [2.75, 3.05) is 13.1 Å². The average molecular weight is 439 g/mol. The molecular weight excluding hydrogens is 408 g/mol. The summed E-state index contributed by atoms with van der Waals surface area (Å²) in [6, 6.07) is 24.5. The molecule has 4 aromatic rings. The Hall–Kier alpha value is -3.08. The van der Waals surface area contributed by atoms with Crippen LogP contribution >= 0.6 is 0 Å². The molecule has 1 saturated heterocycles. The van der Waals surface area contributed by atoms with Crippen LogP contribution in [0.2, 0.25) is 0 Å². The molecule has 2 atom stereocenters. The number of para-hydroxylation sites is 1. The van der Waals surface area contributed by atoms with Crippen LogP contribution in [0.4, 0.5) is 0 Å². The van der Waals surface area contributed by atoms with Crippen LogP contribution in [0.1, 0.15) is 34.4 Å². The van der Waals surface area contributed by atoms with E-state index in [1.54, 1.807) is 6.07 Å². The first-order valence-electron chi connectivity index (χ1n) is 11.8. The van der Waals surface area contributed by atoms with Crippen LogP contribution in [0.3, 0.4) is 0 Å². The molecule has 1 fully saturated rings. The Morgan fingerprint density at radius 3 is 2.61 bits per heavy atom. The van der Waals surface area contributed by atoms with E-state index in [-0.39, 0.29) is 5.75 Å². The molecule has 4 heteroatoms.